The predicted octanol–water partition coefficient (Wildman–Crippen LogP) is 4.33. The number of thiazole rings is 1. The van der Waals surface area contributed by atoms with Gasteiger partial charge in [0.2, 0.25) is 0 Å². The quantitative estimate of drug-likeness (QED) is 0.838. The van der Waals surface area contributed by atoms with Gasteiger partial charge in [-0.2, -0.15) is 13.2 Å². The Labute approximate surface area is 116 Å². The molecular formula is C13H11F4NOS. The van der Waals surface area contributed by atoms with Crippen molar-refractivity contribution in [1.29, 1.82) is 0 Å². The van der Waals surface area contributed by atoms with Crippen LogP contribution >= 0.6 is 11.3 Å². The van der Waals surface area contributed by atoms with E-state index in [1.165, 1.54) is 6.92 Å². The molecule has 0 aliphatic carbocycles. The number of halogens is 4. The number of aromatic nitrogens is 1. The SMILES string of the molecule is Cc1nc(-c2cc(C(F)(F)F)ccc2F)sc1C(C)O. The minimum Gasteiger partial charge on any atom is -0.388 e. The lowest BCUT2D eigenvalue weighted by Crippen LogP contribution is -2.05. The normalized spacial score (nSPS) is 13.6. The van der Waals surface area contributed by atoms with E-state index in [9.17, 15) is 22.7 Å². The van der Waals surface area contributed by atoms with Gasteiger partial charge < -0.3 is 5.11 Å². The molecule has 2 rings (SSSR count). The minimum atomic E-state index is -4.54. The van der Waals surface area contributed by atoms with Gasteiger partial charge in [-0.15, -0.1) is 11.3 Å². The monoisotopic (exact) mass is 305 g/mol. The van der Waals surface area contributed by atoms with Crippen molar-refractivity contribution >= 4 is 11.3 Å². The third-order valence-electron chi connectivity index (χ3n) is 2.74. The van der Waals surface area contributed by atoms with Crippen LogP contribution in [0.3, 0.4) is 0 Å². The maximum atomic E-state index is 13.7. The average molecular weight is 305 g/mol. The zero-order chi connectivity index (χ0) is 15.1. The molecule has 2 aromatic rings. The van der Waals surface area contributed by atoms with Crippen molar-refractivity contribution in [3.8, 4) is 10.6 Å². The van der Waals surface area contributed by atoms with Gasteiger partial charge in [0.1, 0.15) is 10.8 Å². The smallest absolute Gasteiger partial charge is 0.388 e. The highest BCUT2D eigenvalue weighted by Gasteiger charge is 2.31. The third-order valence-corrected chi connectivity index (χ3v) is 4.10. The fraction of sp³-hybridized carbons (Fsp3) is 0.308. The minimum absolute atomic E-state index is 0.127. The first-order valence-electron chi connectivity index (χ1n) is 5.72. The molecule has 1 heterocycles. The fourth-order valence-corrected chi connectivity index (χ4v) is 2.80. The van der Waals surface area contributed by atoms with Crippen LogP contribution in [-0.2, 0) is 6.18 Å². The van der Waals surface area contributed by atoms with E-state index in [0.29, 0.717) is 16.6 Å². The van der Waals surface area contributed by atoms with Crippen LogP contribution in [0.4, 0.5) is 17.6 Å². The number of hydrogen-bond acceptors (Lipinski definition) is 3. The Kier molecular flexibility index (Phi) is 3.84. The van der Waals surface area contributed by atoms with E-state index in [1.807, 2.05) is 0 Å². The Morgan fingerprint density at radius 1 is 1.30 bits per heavy atom. The first kappa shape index (κ1) is 14.9. The van der Waals surface area contributed by atoms with Gasteiger partial charge in [0.15, 0.2) is 0 Å². The molecule has 1 aromatic heterocycles. The third kappa shape index (κ3) is 2.83. The van der Waals surface area contributed by atoms with Crippen molar-refractivity contribution in [2.24, 2.45) is 0 Å². The molecule has 1 atom stereocenters. The number of aliphatic hydroxyl groups excluding tert-OH is 1. The Hall–Kier alpha value is -1.47. The van der Waals surface area contributed by atoms with Gasteiger partial charge in [-0.25, -0.2) is 9.37 Å². The van der Waals surface area contributed by atoms with Crippen molar-refractivity contribution in [3.05, 3.63) is 40.2 Å². The van der Waals surface area contributed by atoms with Crippen LogP contribution in [0.15, 0.2) is 18.2 Å². The predicted molar refractivity (Wildman–Crippen MR) is 67.9 cm³/mol. The standard InChI is InChI=1S/C13H11F4NOS/c1-6-11(7(2)19)20-12(18-6)9-5-8(13(15,16)17)3-4-10(9)14/h3-5,7,19H,1-2H3. The molecule has 0 aliphatic heterocycles. The molecule has 0 saturated carbocycles. The maximum absolute atomic E-state index is 13.7. The summed E-state index contributed by atoms with van der Waals surface area (Å²) in [6.07, 6.45) is -5.34. The Morgan fingerprint density at radius 3 is 2.45 bits per heavy atom. The summed E-state index contributed by atoms with van der Waals surface area (Å²) in [5.74, 6) is -0.774. The van der Waals surface area contributed by atoms with E-state index in [4.69, 9.17) is 0 Å². The molecule has 1 unspecified atom stereocenters. The van der Waals surface area contributed by atoms with E-state index in [1.54, 1.807) is 6.92 Å². The number of alkyl halides is 3. The molecule has 0 amide bonds. The van der Waals surface area contributed by atoms with Crippen molar-refractivity contribution in [2.45, 2.75) is 26.1 Å². The molecule has 20 heavy (non-hydrogen) atoms. The van der Waals surface area contributed by atoms with Crippen LogP contribution in [0, 0.1) is 12.7 Å². The van der Waals surface area contributed by atoms with Crippen molar-refractivity contribution in [2.75, 3.05) is 0 Å². The highest BCUT2D eigenvalue weighted by Crippen LogP contribution is 2.36. The van der Waals surface area contributed by atoms with Gasteiger partial charge in [-0.3, -0.25) is 0 Å². The summed E-state index contributed by atoms with van der Waals surface area (Å²) in [5.41, 5.74) is -0.656. The van der Waals surface area contributed by atoms with Crippen molar-refractivity contribution in [1.82, 2.24) is 4.98 Å². The zero-order valence-electron chi connectivity index (χ0n) is 10.6. The highest BCUT2D eigenvalue weighted by molar-refractivity contribution is 7.15. The van der Waals surface area contributed by atoms with Crippen LogP contribution in [0.5, 0.6) is 0 Å². The lowest BCUT2D eigenvalue weighted by atomic mass is 10.1. The Morgan fingerprint density at radius 2 is 1.95 bits per heavy atom. The molecular weight excluding hydrogens is 294 g/mol. The first-order valence-corrected chi connectivity index (χ1v) is 6.54. The second-order valence-corrected chi connectivity index (χ2v) is 5.37. The lowest BCUT2D eigenvalue weighted by Gasteiger charge is -2.08. The molecule has 108 valence electrons. The number of aliphatic hydroxyl groups is 1. The topological polar surface area (TPSA) is 33.1 Å². The largest absolute Gasteiger partial charge is 0.416 e. The van der Waals surface area contributed by atoms with Gasteiger partial charge >= 0.3 is 6.18 Å². The maximum Gasteiger partial charge on any atom is 0.416 e. The summed E-state index contributed by atoms with van der Waals surface area (Å²) in [5, 5.41) is 9.64. The molecule has 2 nitrogen and oxygen atoms in total. The number of aryl methyl sites for hydroxylation is 1. The number of rotatable bonds is 2. The number of hydrogen-bond donors (Lipinski definition) is 1. The van der Waals surface area contributed by atoms with Crippen LogP contribution in [0.1, 0.15) is 29.2 Å². The lowest BCUT2D eigenvalue weighted by molar-refractivity contribution is -0.137. The van der Waals surface area contributed by atoms with Gasteiger partial charge in [0.25, 0.3) is 0 Å². The molecule has 0 spiro atoms. The van der Waals surface area contributed by atoms with E-state index < -0.39 is 23.7 Å². The average Bonchev–Trinajstić information content (AvgIpc) is 2.70. The van der Waals surface area contributed by atoms with E-state index in [0.717, 1.165) is 23.5 Å². The second-order valence-electron chi connectivity index (χ2n) is 4.34. The summed E-state index contributed by atoms with van der Waals surface area (Å²) >= 11 is 0.986. The van der Waals surface area contributed by atoms with Crippen molar-refractivity contribution < 1.29 is 22.7 Å². The molecule has 1 N–H and O–H groups in total. The molecule has 0 bridgehead atoms. The molecule has 0 fully saturated rings. The molecule has 1 aromatic carbocycles. The Balaban J connectivity index is 2.55. The summed E-state index contributed by atoms with van der Waals surface area (Å²) in [6.45, 7) is 3.14. The van der Waals surface area contributed by atoms with Crippen LogP contribution < -0.4 is 0 Å². The summed E-state index contributed by atoms with van der Waals surface area (Å²) in [7, 11) is 0. The number of nitrogens with zero attached hydrogens (tertiary/aromatic N) is 1. The van der Waals surface area contributed by atoms with Crippen molar-refractivity contribution in [3.63, 3.8) is 0 Å². The number of benzene rings is 1. The molecule has 7 heteroatoms. The zero-order valence-corrected chi connectivity index (χ0v) is 11.4. The van der Waals surface area contributed by atoms with E-state index in [2.05, 4.69) is 4.98 Å². The molecule has 0 aliphatic rings. The van der Waals surface area contributed by atoms with Crippen LogP contribution in [0.2, 0.25) is 0 Å². The van der Waals surface area contributed by atoms with Gasteiger partial charge in [-0.05, 0) is 32.0 Å². The molecule has 0 radical (unpaired) electrons. The summed E-state index contributed by atoms with van der Waals surface area (Å²) < 4.78 is 51.7. The van der Waals surface area contributed by atoms with Gasteiger partial charge in [0.05, 0.1) is 22.2 Å². The Bertz CT molecular complexity index is 634. The van der Waals surface area contributed by atoms with Crippen LogP contribution in [-0.4, -0.2) is 10.1 Å². The van der Waals surface area contributed by atoms with Crippen LogP contribution in [0.25, 0.3) is 10.6 Å². The van der Waals surface area contributed by atoms with Gasteiger partial charge in [0, 0.05) is 5.56 Å². The molecule has 0 saturated heterocycles. The van der Waals surface area contributed by atoms with E-state index in [-0.39, 0.29) is 10.6 Å². The van der Waals surface area contributed by atoms with Gasteiger partial charge in [-0.1, -0.05) is 0 Å². The second kappa shape index (κ2) is 5.14. The summed E-state index contributed by atoms with van der Waals surface area (Å²) in [4.78, 5) is 4.55. The first-order chi connectivity index (χ1) is 9.20. The summed E-state index contributed by atoms with van der Waals surface area (Å²) in [6, 6.07) is 2.20. The fourth-order valence-electron chi connectivity index (χ4n) is 1.78. The van der Waals surface area contributed by atoms with E-state index >= 15 is 0 Å². The highest BCUT2D eigenvalue weighted by atomic mass is 32.1.